The molecule has 3 amide bonds. The normalized spacial score (nSPS) is 30.2. The Morgan fingerprint density at radius 3 is 2.74 bits per heavy atom. The molecule has 2 saturated heterocycles. The van der Waals surface area contributed by atoms with Crippen LogP contribution in [0.1, 0.15) is 52.4 Å². The van der Waals surface area contributed by atoms with Gasteiger partial charge in [0, 0.05) is 29.8 Å². The van der Waals surface area contributed by atoms with Crippen molar-refractivity contribution >= 4 is 35.2 Å². The number of likely N-dealkylation sites (tertiary alicyclic amines) is 1. The molecule has 0 radical (unpaired) electrons. The molecule has 3 heterocycles. The number of carbonyl (C=O) groups excluding carboxylic acids is 3. The van der Waals surface area contributed by atoms with E-state index >= 15 is 0 Å². The van der Waals surface area contributed by atoms with E-state index in [1.165, 1.54) is 6.42 Å². The fourth-order valence-corrected chi connectivity index (χ4v) is 6.97. The molecule has 2 N–H and O–H groups in total. The maximum absolute atomic E-state index is 14.0. The van der Waals surface area contributed by atoms with Crippen molar-refractivity contribution in [2.45, 2.75) is 87.2 Å². The predicted octanol–water partition coefficient (Wildman–Crippen LogP) is 3.76. The third kappa shape index (κ3) is 5.12. The number of nitrogens with zero attached hydrogens (tertiary/aromatic N) is 1. The minimum Gasteiger partial charge on any atom is -0.379 e. The van der Waals surface area contributed by atoms with Crippen molar-refractivity contribution in [3.05, 3.63) is 36.4 Å². The van der Waals surface area contributed by atoms with Gasteiger partial charge in [-0.15, -0.1) is 11.8 Å². The van der Waals surface area contributed by atoms with Gasteiger partial charge in [-0.25, -0.2) is 0 Å². The third-order valence-electron chi connectivity index (χ3n) is 8.21. The van der Waals surface area contributed by atoms with E-state index < -0.39 is 29.6 Å². The molecule has 4 aliphatic rings. The lowest BCUT2D eigenvalue weighted by Gasteiger charge is -2.34. The van der Waals surface area contributed by atoms with Crippen LogP contribution in [-0.4, -0.2) is 71.9 Å². The lowest BCUT2D eigenvalue weighted by molar-refractivity contribution is -0.141. The third-order valence-corrected chi connectivity index (χ3v) is 8.93. The predicted molar refractivity (Wildman–Crippen MR) is 147 cm³/mol. The van der Waals surface area contributed by atoms with Crippen LogP contribution in [0.3, 0.4) is 0 Å². The van der Waals surface area contributed by atoms with Gasteiger partial charge in [0.15, 0.2) is 0 Å². The van der Waals surface area contributed by atoms with Crippen LogP contribution in [0.25, 0.3) is 0 Å². The Labute approximate surface area is 229 Å². The second-order valence-corrected chi connectivity index (χ2v) is 12.0. The maximum atomic E-state index is 14.0. The highest BCUT2D eigenvalue weighted by Gasteiger charge is 2.72. The topological polar surface area (TPSA) is 97.0 Å². The number of hydrogen-bond donors (Lipinski definition) is 2. The van der Waals surface area contributed by atoms with Gasteiger partial charge in [-0.05, 0) is 57.6 Å². The van der Waals surface area contributed by atoms with E-state index in [9.17, 15) is 14.4 Å². The lowest BCUT2D eigenvalue weighted by atomic mass is 9.74. The number of anilines is 1. The van der Waals surface area contributed by atoms with E-state index in [1.807, 2.05) is 56.5 Å². The molecule has 9 heteroatoms. The van der Waals surface area contributed by atoms with Crippen LogP contribution >= 0.6 is 11.8 Å². The minimum absolute atomic E-state index is 0.0900. The van der Waals surface area contributed by atoms with Crippen LogP contribution in [0.15, 0.2) is 41.3 Å². The lowest BCUT2D eigenvalue weighted by Crippen LogP contribution is -2.56. The van der Waals surface area contributed by atoms with Crippen LogP contribution < -0.4 is 10.6 Å². The van der Waals surface area contributed by atoms with E-state index in [0.717, 1.165) is 30.6 Å². The van der Waals surface area contributed by atoms with Gasteiger partial charge in [0.2, 0.25) is 17.7 Å². The molecule has 0 aromatic heterocycles. The maximum Gasteiger partial charge on any atom is 0.246 e. The Bertz CT molecular complexity index is 1090. The summed E-state index contributed by atoms with van der Waals surface area (Å²) in [7, 11) is 0. The summed E-state index contributed by atoms with van der Waals surface area (Å²) in [5.41, 5.74) is -0.454. The quantitative estimate of drug-likeness (QED) is 0.266. The Hall–Kier alpha value is -2.36. The van der Waals surface area contributed by atoms with Crippen LogP contribution in [0.4, 0.5) is 5.69 Å². The van der Waals surface area contributed by atoms with Gasteiger partial charge in [-0.3, -0.25) is 14.4 Å². The van der Waals surface area contributed by atoms with Crippen molar-refractivity contribution in [2.24, 2.45) is 11.8 Å². The zero-order valence-electron chi connectivity index (χ0n) is 22.5. The number of hydrogen-bond acceptors (Lipinski definition) is 6. The van der Waals surface area contributed by atoms with Gasteiger partial charge >= 0.3 is 0 Å². The Morgan fingerprint density at radius 2 is 2.00 bits per heavy atom. The molecule has 1 aromatic carbocycles. The first-order valence-electron chi connectivity index (χ1n) is 13.9. The summed E-state index contributed by atoms with van der Waals surface area (Å²) in [5.74, 6) is -2.07. The molecule has 5 atom stereocenters. The first-order valence-corrected chi connectivity index (χ1v) is 15.1. The number of benzene rings is 1. The molecule has 1 saturated carbocycles. The zero-order valence-corrected chi connectivity index (χ0v) is 23.3. The molecule has 5 unspecified atom stereocenters. The SMILES string of the molecule is CSc1cccc(NC(=O)C2C3C=CC4(O3)C2C(=O)N(CCCOC(C)C)C4C(=O)NC2CCCCC2)c1. The highest BCUT2D eigenvalue weighted by molar-refractivity contribution is 7.98. The first kappa shape index (κ1) is 27.2. The molecule has 3 aliphatic heterocycles. The summed E-state index contributed by atoms with van der Waals surface area (Å²) in [5, 5.41) is 6.23. The summed E-state index contributed by atoms with van der Waals surface area (Å²) in [4.78, 5) is 44.1. The van der Waals surface area contributed by atoms with E-state index in [-0.39, 0.29) is 29.9 Å². The number of amides is 3. The number of fused-ring (bicyclic) bond motifs is 1. The number of ether oxygens (including phenoxy) is 2. The van der Waals surface area contributed by atoms with Crippen LogP contribution in [0.2, 0.25) is 0 Å². The second-order valence-electron chi connectivity index (χ2n) is 11.1. The summed E-state index contributed by atoms with van der Waals surface area (Å²) in [6.07, 6.45) is 11.1. The summed E-state index contributed by atoms with van der Waals surface area (Å²) < 4.78 is 12.1. The minimum atomic E-state index is -1.14. The number of rotatable bonds is 10. The first-order chi connectivity index (χ1) is 18.3. The molecule has 1 aliphatic carbocycles. The second kappa shape index (κ2) is 11.4. The van der Waals surface area contributed by atoms with Gasteiger partial charge in [0.25, 0.3) is 0 Å². The van der Waals surface area contributed by atoms with E-state index in [0.29, 0.717) is 25.3 Å². The van der Waals surface area contributed by atoms with Gasteiger partial charge in [0.05, 0.1) is 24.0 Å². The van der Waals surface area contributed by atoms with Crippen LogP contribution in [0.5, 0.6) is 0 Å². The molecule has 206 valence electrons. The average Bonchev–Trinajstić information content (AvgIpc) is 3.54. The van der Waals surface area contributed by atoms with Crippen LogP contribution in [0, 0.1) is 11.8 Å². The molecule has 1 spiro atoms. The van der Waals surface area contributed by atoms with Gasteiger partial charge in [-0.2, -0.15) is 0 Å². The Balaban J connectivity index is 1.39. The van der Waals surface area contributed by atoms with Gasteiger partial charge in [0.1, 0.15) is 11.6 Å². The molecular weight excluding hydrogens is 502 g/mol. The smallest absolute Gasteiger partial charge is 0.246 e. The summed E-state index contributed by atoms with van der Waals surface area (Å²) >= 11 is 1.60. The van der Waals surface area contributed by atoms with E-state index in [4.69, 9.17) is 9.47 Å². The molecule has 2 bridgehead atoms. The fourth-order valence-electron chi connectivity index (χ4n) is 6.52. The zero-order chi connectivity index (χ0) is 26.9. The molecule has 8 nitrogen and oxygen atoms in total. The largest absolute Gasteiger partial charge is 0.379 e. The standard InChI is InChI=1S/C29H39N3O5S/c1-18(2)36-16-8-15-32-25(27(34)30-19-9-5-4-6-10-19)29-14-13-22(37-29)23(24(29)28(32)35)26(33)31-20-11-7-12-21(17-20)38-3/h7,11-14,17-19,22-25H,4-6,8-10,15-16H2,1-3H3,(H,30,34)(H,31,33). The molecule has 1 aromatic rings. The monoisotopic (exact) mass is 541 g/mol. The molecule has 38 heavy (non-hydrogen) atoms. The highest BCUT2D eigenvalue weighted by atomic mass is 32.2. The summed E-state index contributed by atoms with van der Waals surface area (Å²) in [6, 6.07) is 6.94. The van der Waals surface area contributed by atoms with Gasteiger partial charge in [-0.1, -0.05) is 37.5 Å². The number of nitrogens with one attached hydrogen (secondary N) is 2. The molecule has 3 fully saturated rings. The highest BCUT2D eigenvalue weighted by Crippen LogP contribution is 2.55. The van der Waals surface area contributed by atoms with Crippen molar-refractivity contribution in [1.29, 1.82) is 0 Å². The van der Waals surface area contributed by atoms with Crippen LogP contribution in [-0.2, 0) is 23.9 Å². The number of thioether (sulfide) groups is 1. The van der Waals surface area contributed by atoms with Gasteiger partial charge < -0.3 is 25.0 Å². The Kier molecular flexibility index (Phi) is 8.16. The summed E-state index contributed by atoms with van der Waals surface area (Å²) in [6.45, 7) is 4.81. The van der Waals surface area contributed by atoms with Crippen molar-refractivity contribution < 1.29 is 23.9 Å². The Morgan fingerprint density at radius 1 is 1.21 bits per heavy atom. The molecule has 5 rings (SSSR count). The average molecular weight is 542 g/mol. The van der Waals surface area contributed by atoms with Crippen molar-refractivity contribution in [3.63, 3.8) is 0 Å². The van der Waals surface area contributed by atoms with Crippen molar-refractivity contribution in [1.82, 2.24) is 10.2 Å². The van der Waals surface area contributed by atoms with Crippen molar-refractivity contribution in [2.75, 3.05) is 24.7 Å². The van der Waals surface area contributed by atoms with E-state index in [1.54, 1.807) is 16.7 Å². The fraction of sp³-hybridized carbons (Fsp3) is 0.621. The number of carbonyl (C=O) groups is 3. The van der Waals surface area contributed by atoms with E-state index in [2.05, 4.69) is 10.6 Å². The molecular formula is C29H39N3O5S. The van der Waals surface area contributed by atoms with Crippen molar-refractivity contribution in [3.8, 4) is 0 Å².